The largest absolute Gasteiger partial charge is 0.361 e. The molecule has 0 N–H and O–H groups in total. The van der Waals surface area contributed by atoms with Crippen LogP contribution < -0.4 is 9.80 Å². The van der Waals surface area contributed by atoms with Gasteiger partial charge in [0.15, 0.2) is 29.0 Å². The molecular formula is C112H103F3N12O3. The minimum Gasteiger partial charge on any atom is -0.361 e. The summed E-state index contributed by atoms with van der Waals surface area (Å²) >= 11 is 0. The number of hydrogen-bond acceptors (Lipinski definition) is 15. The smallest absolute Gasteiger partial charge is 0.166 e. The first-order valence-corrected chi connectivity index (χ1v) is 45.0. The number of rotatable bonds is 14. The van der Waals surface area contributed by atoms with Crippen molar-refractivity contribution in [1.29, 1.82) is 0 Å². The highest BCUT2D eigenvalue weighted by Crippen LogP contribution is 2.62. The highest BCUT2D eigenvalue weighted by molar-refractivity contribution is 6.03. The van der Waals surface area contributed by atoms with Crippen LogP contribution in [-0.4, -0.2) is 75.7 Å². The number of nitrogens with zero attached hydrogens (tertiary/aromatic N) is 12. The molecule has 9 atom stereocenters. The summed E-state index contributed by atoms with van der Waals surface area (Å²) in [6.45, 7) is 25.9. The predicted molar refractivity (Wildman–Crippen MR) is 511 cm³/mol. The Morgan fingerprint density at radius 1 is 0.431 bits per heavy atom. The number of carbonyl (C=O) groups is 2. The zero-order valence-corrected chi connectivity index (χ0v) is 75.1. The van der Waals surface area contributed by atoms with Gasteiger partial charge in [0.05, 0.1) is 56.9 Å². The Balaban J connectivity index is 0.000000127. The van der Waals surface area contributed by atoms with E-state index in [9.17, 15) is 9.59 Å². The zero-order valence-electron chi connectivity index (χ0n) is 75.1. The Kier molecular flexibility index (Phi) is 22.4. The molecule has 0 radical (unpaired) electrons. The van der Waals surface area contributed by atoms with E-state index in [2.05, 4.69) is 81.7 Å². The van der Waals surface area contributed by atoms with Gasteiger partial charge in [-0.1, -0.05) is 185 Å². The van der Waals surface area contributed by atoms with Crippen LogP contribution in [0.3, 0.4) is 0 Å². The van der Waals surface area contributed by atoms with Crippen LogP contribution in [0.5, 0.6) is 0 Å². The highest BCUT2D eigenvalue weighted by Gasteiger charge is 2.61. The third-order valence-corrected chi connectivity index (χ3v) is 29.0. The standard InChI is InChI=1S/C41H39FN4O.C37H33FN4O.C34H31FN4O/c1-26(2)23-41(4)35-20-19-32-36(31-16-9-11-17-33(31)42)44-39(30-21-22-43-34-18-12-10-15-29(30)34)45-37(32)40(35,3)24-27(38(41)47)25-46(5)28-13-7-6-8-14-28;1-23-30-18-17-29-33(28-14-7-9-15-31(28)38)40-36(27-19-20-39-32-16-10-8-13-26(27)32)41-35(29)37(30,2)21-24(34(23)43)22-42(3)25-11-5-4-6-12-25;1-20(2)17-34(4)28-14-13-25-29(24-10-5-7-11-26(24)35)38-32(23-15-16-36-27-12-8-6-9-22(23)27)39-30(25)33(28,3)18-21-19-37-40-31(21)34/h6-18,21-22,25,35H,1,19-20,23-24H2,2-5H3;4-16,19-20,22-23,30H,17-18,21H2,1-3H3;5-12,15-16,19,28H,1,13-14,17-18H2,2-4H3/b27-25-;24-22-;/t35-,40+,41+;23-,30-,37-;28-,33+,34+/m010/s1. The summed E-state index contributed by atoms with van der Waals surface area (Å²) in [5.74, 6) is 2.26. The van der Waals surface area contributed by atoms with Crippen LogP contribution in [0.25, 0.3) is 101 Å². The van der Waals surface area contributed by atoms with Crippen molar-refractivity contribution in [2.75, 3.05) is 23.9 Å². The number of benzene rings is 8. The summed E-state index contributed by atoms with van der Waals surface area (Å²) in [6, 6.07) is 70.5. The number of fused-ring (bicyclic) bond motifs is 13. The van der Waals surface area contributed by atoms with Gasteiger partial charge in [0, 0.05) is 172 Å². The van der Waals surface area contributed by atoms with E-state index in [0.717, 1.165) is 167 Å². The van der Waals surface area contributed by atoms with Crippen LogP contribution in [0.15, 0.2) is 302 Å². The Hall–Kier alpha value is -13.9. The van der Waals surface area contributed by atoms with Crippen molar-refractivity contribution < 1.29 is 27.3 Å². The molecule has 6 aliphatic rings. The van der Waals surface area contributed by atoms with Crippen molar-refractivity contribution in [2.45, 2.75) is 148 Å². The predicted octanol–water partition coefficient (Wildman–Crippen LogP) is 25.0. The normalized spacial score (nSPS) is 22.9. The first-order chi connectivity index (χ1) is 62.7. The van der Waals surface area contributed by atoms with Gasteiger partial charge in [0.2, 0.25) is 0 Å². The maximum absolute atomic E-state index is 15.6. The SMILES string of the molecule is C=C(C)C[C@@]1(C)C(=O)/C(=C\N(C)c2ccccc2)C[C@@]2(C)c3nc(-c4ccnc5ccccc45)nc(-c4ccccc4F)c3CC[C@H]12.C=C(C)C[C@@]1(C)c2oncc2C[C@@]2(C)c3nc(-c4ccnc5ccccc45)nc(-c4ccccc4F)c3CC[C@@H]21.C[C@H]1C(=O)/C(=C\N(C)c2ccccc2)C[C@@]2(C)c3nc(-c4ccnc5ccccc45)nc(-c4ccccc4F)c3CC[C@H]12. The number of halogens is 3. The molecule has 0 unspecified atom stereocenters. The summed E-state index contributed by atoms with van der Waals surface area (Å²) in [4.78, 5) is 77.5. The molecule has 7 heterocycles. The lowest BCUT2D eigenvalue weighted by Gasteiger charge is -2.54. The number of pyridine rings is 3. The summed E-state index contributed by atoms with van der Waals surface area (Å²) in [5, 5.41) is 7.08. The first kappa shape index (κ1) is 85.6. The summed E-state index contributed by atoms with van der Waals surface area (Å²) < 4.78 is 52.3. The molecule has 0 aliphatic heterocycles. The van der Waals surface area contributed by atoms with Gasteiger partial charge in [-0.15, -0.1) is 13.2 Å². The third-order valence-electron chi connectivity index (χ3n) is 29.0. The quantitative estimate of drug-likeness (QED) is 0.0740. The lowest BCUT2D eigenvalue weighted by atomic mass is 9.48. The van der Waals surface area contributed by atoms with Gasteiger partial charge in [-0.05, 0) is 199 Å². The van der Waals surface area contributed by atoms with Crippen LogP contribution in [-0.2, 0) is 56.9 Å². The van der Waals surface area contributed by atoms with Crippen molar-refractivity contribution in [3.63, 3.8) is 0 Å². The molecule has 0 spiro atoms. The van der Waals surface area contributed by atoms with E-state index in [-0.39, 0.29) is 63.5 Å². The lowest BCUT2D eigenvalue weighted by molar-refractivity contribution is -0.133. The van der Waals surface area contributed by atoms with Gasteiger partial charge in [-0.3, -0.25) is 24.5 Å². The minimum absolute atomic E-state index is 0.00344. The molecule has 650 valence electrons. The fourth-order valence-electron chi connectivity index (χ4n) is 23.4. The van der Waals surface area contributed by atoms with Crippen LogP contribution in [0.2, 0.25) is 0 Å². The zero-order chi connectivity index (χ0) is 90.3. The molecule has 15 nitrogen and oxygen atoms in total. The van der Waals surface area contributed by atoms with Gasteiger partial charge in [0.25, 0.3) is 0 Å². The average molecular weight is 1720 g/mol. The average Bonchev–Trinajstić information content (AvgIpc) is 1.23. The number of carbonyl (C=O) groups excluding carboxylic acids is 2. The summed E-state index contributed by atoms with van der Waals surface area (Å²) in [6.07, 6.45) is 19.0. The van der Waals surface area contributed by atoms with E-state index < -0.39 is 16.2 Å². The number of Topliss-reactive ketones (excluding diaryl/α,β-unsaturated/α-hetero) is 2. The molecule has 0 amide bonds. The van der Waals surface area contributed by atoms with E-state index in [1.807, 2.05) is 225 Å². The van der Waals surface area contributed by atoms with Gasteiger partial charge < -0.3 is 14.3 Å². The van der Waals surface area contributed by atoms with Crippen molar-refractivity contribution in [3.8, 4) is 67.9 Å². The maximum atomic E-state index is 15.6. The molecule has 0 bridgehead atoms. The van der Waals surface area contributed by atoms with Gasteiger partial charge in [-0.25, -0.2) is 43.1 Å². The molecule has 6 aliphatic carbocycles. The van der Waals surface area contributed by atoms with Gasteiger partial charge in [0.1, 0.15) is 23.2 Å². The van der Waals surface area contributed by atoms with E-state index in [1.54, 1.807) is 48.9 Å². The molecule has 8 aromatic carbocycles. The summed E-state index contributed by atoms with van der Waals surface area (Å²) in [7, 11) is 3.97. The Labute approximate surface area is 756 Å². The van der Waals surface area contributed by atoms with Gasteiger partial charge >= 0.3 is 0 Å². The van der Waals surface area contributed by atoms with E-state index >= 15 is 13.2 Å². The molecule has 18 heteroatoms. The Bertz CT molecular complexity index is 7100. The second-order valence-electron chi connectivity index (χ2n) is 37.8. The lowest BCUT2D eigenvalue weighted by Crippen LogP contribution is -2.55. The molecule has 0 saturated heterocycles. The van der Waals surface area contributed by atoms with Crippen LogP contribution in [0.4, 0.5) is 24.5 Å². The Morgan fingerprint density at radius 3 is 1.22 bits per heavy atom. The van der Waals surface area contributed by atoms with Crippen LogP contribution >= 0.6 is 0 Å². The number of para-hydroxylation sites is 5. The number of allylic oxidation sites excluding steroid dienone is 4. The second kappa shape index (κ2) is 34.0. The molecule has 130 heavy (non-hydrogen) atoms. The van der Waals surface area contributed by atoms with Crippen LogP contribution in [0.1, 0.15) is 145 Å². The summed E-state index contributed by atoms with van der Waals surface area (Å²) in [5.41, 5.74) is 18.8. The molecule has 2 fully saturated rings. The molecular weight excluding hydrogens is 1620 g/mol. The first-order valence-electron chi connectivity index (χ1n) is 45.0. The van der Waals surface area contributed by atoms with Crippen LogP contribution in [0, 0.1) is 46.5 Å². The fourth-order valence-corrected chi connectivity index (χ4v) is 23.4. The monoisotopic (exact) mass is 1720 g/mol. The molecule has 7 aromatic heterocycles. The number of hydrogen-bond donors (Lipinski definition) is 0. The van der Waals surface area contributed by atoms with Crippen molar-refractivity contribution >= 4 is 55.7 Å². The van der Waals surface area contributed by atoms with E-state index in [0.29, 0.717) is 83.3 Å². The number of aromatic nitrogens is 10. The van der Waals surface area contributed by atoms with Crippen molar-refractivity contribution in [1.82, 2.24) is 50.0 Å². The number of anilines is 2. The number of ketones is 2. The highest BCUT2D eigenvalue weighted by atomic mass is 19.1. The molecule has 21 rings (SSSR count). The van der Waals surface area contributed by atoms with E-state index in [4.69, 9.17) is 34.4 Å². The van der Waals surface area contributed by atoms with Crippen molar-refractivity contribution in [3.05, 3.63) is 360 Å². The molecule has 2 saturated carbocycles. The topological polar surface area (TPSA) is 183 Å². The van der Waals surface area contributed by atoms with Gasteiger partial charge in [-0.2, -0.15) is 0 Å². The second-order valence-corrected chi connectivity index (χ2v) is 37.8. The Morgan fingerprint density at radius 2 is 0.792 bits per heavy atom. The maximum Gasteiger partial charge on any atom is 0.166 e. The molecule has 15 aromatic rings. The fraction of sp³-hybridized carbons (Fsp3) is 0.268. The van der Waals surface area contributed by atoms with E-state index in [1.165, 1.54) is 18.2 Å². The minimum atomic E-state index is -0.688. The third kappa shape index (κ3) is 15.0. The van der Waals surface area contributed by atoms with Crippen molar-refractivity contribution in [2.24, 2.45) is 29.1 Å².